The second-order valence-electron chi connectivity index (χ2n) is 2.36. The maximum Gasteiger partial charge on any atom is 0.221 e. The van der Waals surface area contributed by atoms with Crippen molar-refractivity contribution in [2.45, 2.75) is 19.6 Å². The summed E-state index contributed by atoms with van der Waals surface area (Å²) in [5, 5.41) is 0. The van der Waals surface area contributed by atoms with Gasteiger partial charge in [0.25, 0.3) is 0 Å². The Labute approximate surface area is 61.1 Å². The predicted molar refractivity (Wildman–Crippen MR) is 39.4 cm³/mol. The van der Waals surface area contributed by atoms with E-state index in [0.29, 0.717) is 0 Å². The van der Waals surface area contributed by atoms with Crippen LogP contribution in [0.3, 0.4) is 0 Å². The number of methoxy groups -OCH3 is 1. The number of ether oxygens (including phenoxy) is 2. The van der Waals surface area contributed by atoms with E-state index in [0.717, 1.165) is 17.8 Å². The molecule has 2 heteroatoms. The average Bonchev–Trinajstić information content (AvgIpc) is 1.94. The smallest absolute Gasteiger partial charge is 0.221 e. The van der Waals surface area contributed by atoms with E-state index in [-0.39, 0.29) is 6.29 Å². The van der Waals surface area contributed by atoms with Crippen molar-refractivity contribution < 1.29 is 9.47 Å². The molecule has 1 rings (SSSR count). The molecule has 0 saturated heterocycles. The van der Waals surface area contributed by atoms with E-state index in [1.54, 1.807) is 7.11 Å². The van der Waals surface area contributed by atoms with Crippen LogP contribution in [-0.2, 0) is 9.47 Å². The molecule has 1 unspecified atom stereocenters. The first-order valence-corrected chi connectivity index (χ1v) is 3.28. The van der Waals surface area contributed by atoms with E-state index in [4.69, 9.17) is 9.47 Å². The van der Waals surface area contributed by atoms with Gasteiger partial charge in [0.15, 0.2) is 0 Å². The quantitative estimate of drug-likeness (QED) is 0.517. The van der Waals surface area contributed by atoms with Gasteiger partial charge in [0, 0.05) is 7.11 Å². The number of hydrogen-bond donors (Lipinski definition) is 0. The van der Waals surface area contributed by atoms with Crippen molar-refractivity contribution in [1.29, 1.82) is 0 Å². The number of hydrogen-bond acceptors (Lipinski definition) is 2. The second-order valence-corrected chi connectivity index (χ2v) is 2.36. The van der Waals surface area contributed by atoms with Crippen molar-refractivity contribution >= 4 is 0 Å². The SMILES string of the molecule is C=C1CC=C(C)OC1OC. The van der Waals surface area contributed by atoms with Gasteiger partial charge in [-0.25, -0.2) is 0 Å². The number of rotatable bonds is 1. The van der Waals surface area contributed by atoms with Crippen LogP contribution in [0.25, 0.3) is 0 Å². The largest absolute Gasteiger partial charge is 0.466 e. The van der Waals surface area contributed by atoms with E-state index in [2.05, 4.69) is 6.58 Å². The molecule has 0 radical (unpaired) electrons. The van der Waals surface area contributed by atoms with Crippen LogP contribution in [0.2, 0.25) is 0 Å². The summed E-state index contributed by atoms with van der Waals surface area (Å²) in [6.07, 6.45) is 2.63. The zero-order chi connectivity index (χ0) is 7.56. The fourth-order valence-electron chi connectivity index (χ4n) is 0.886. The van der Waals surface area contributed by atoms with Crippen LogP contribution in [0, 0.1) is 0 Å². The summed E-state index contributed by atoms with van der Waals surface area (Å²) in [6, 6.07) is 0. The molecule has 0 aromatic carbocycles. The molecule has 1 aliphatic heterocycles. The molecule has 10 heavy (non-hydrogen) atoms. The van der Waals surface area contributed by atoms with Crippen LogP contribution in [-0.4, -0.2) is 13.4 Å². The van der Waals surface area contributed by atoms with Crippen LogP contribution in [0.15, 0.2) is 24.0 Å². The highest BCUT2D eigenvalue weighted by Gasteiger charge is 2.15. The molecule has 2 nitrogen and oxygen atoms in total. The molecule has 56 valence electrons. The summed E-state index contributed by atoms with van der Waals surface area (Å²) < 4.78 is 10.3. The Morgan fingerprint density at radius 1 is 1.80 bits per heavy atom. The third-order valence-electron chi connectivity index (χ3n) is 1.49. The van der Waals surface area contributed by atoms with Crippen LogP contribution in [0.1, 0.15) is 13.3 Å². The molecular formula is C8H12O2. The minimum Gasteiger partial charge on any atom is -0.466 e. The van der Waals surface area contributed by atoms with E-state index in [1.165, 1.54) is 0 Å². The maximum atomic E-state index is 5.29. The summed E-state index contributed by atoms with van der Waals surface area (Å²) in [5.41, 5.74) is 0.980. The molecule has 1 atom stereocenters. The van der Waals surface area contributed by atoms with Gasteiger partial charge < -0.3 is 9.47 Å². The van der Waals surface area contributed by atoms with Gasteiger partial charge in [-0.3, -0.25) is 0 Å². The highest BCUT2D eigenvalue weighted by molar-refractivity contribution is 5.12. The molecule has 0 spiro atoms. The van der Waals surface area contributed by atoms with Crippen LogP contribution < -0.4 is 0 Å². The molecule has 0 amide bonds. The Morgan fingerprint density at radius 3 is 3.00 bits per heavy atom. The van der Waals surface area contributed by atoms with Crippen molar-refractivity contribution in [1.82, 2.24) is 0 Å². The molecule has 0 aliphatic carbocycles. The summed E-state index contributed by atoms with van der Waals surface area (Å²) in [4.78, 5) is 0. The minimum atomic E-state index is -0.231. The van der Waals surface area contributed by atoms with Gasteiger partial charge in [-0.2, -0.15) is 0 Å². The normalized spacial score (nSPS) is 25.6. The molecule has 1 aliphatic rings. The summed E-state index contributed by atoms with van der Waals surface area (Å²) in [6.45, 7) is 5.72. The highest BCUT2D eigenvalue weighted by Crippen LogP contribution is 2.20. The Balaban J connectivity index is 2.62. The molecule has 0 saturated carbocycles. The monoisotopic (exact) mass is 140 g/mol. The first-order chi connectivity index (χ1) is 4.74. The van der Waals surface area contributed by atoms with E-state index in [9.17, 15) is 0 Å². The van der Waals surface area contributed by atoms with Gasteiger partial charge in [-0.05, 0) is 25.0 Å². The Kier molecular flexibility index (Phi) is 2.12. The molecular weight excluding hydrogens is 128 g/mol. The Hall–Kier alpha value is -0.760. The standard InChI is InChI=1S/C8H12O2/c1-6-4-5-7(2)10-8(6)9-3/h5,8H,1,4H2,2-3H3. The van der Waals surface area contributed by atoms with Crippen molar-refractivity contribution in [3.63, 3.8) is 0 Å². The van der Waals surface area contributed by atoms with Crippen LogP contribution >= 0.6 is 0 Å². The molecule has 1 heterocycles. The van der Waals surface area contributed by atoms with Gasteiger partial charge in [-0.1, -0.05) is 6.58 Å². The average molecular weight is 140 g/mol. The lowest BCUT2D eigenvalue weighted by Gasteiger charge is -2.23. The first kappa shape index (κ1) is 7.35. The Morgan fingerprint density at radius 2 is 2.50 bits per heavy atom. The van der Waals surface area contributed by atoms with Gasteiger partial charge >= 0.3 is 0 Å². The predicted octanol–water partition coefficient (Wildman–Crippen LogP) is 1.84. The van der Waals surface area contributed by atoms with E-state index < -0.39 is 0 Å². The van der Waals surface area contributed by atoms with Crippen LogP contribution in [0.4, 0.5) is 0 Å². The molecule has 0 bridgehead atoms. The minimum absolute atomic E-state index is 0.231. The highest BCUT2D eigenvalue weighted by atomic mass is 16.7. The second kappa shape index (κ2) is 2.88. The lowest BCUT2D eigenvalue weighted by Crippen LogP contribution is -2.19. The van der Waals surface area contributed by atoms with Crippen molar-refractivity contribution in [3.8, 4) is 0 Å². The molecule has 0 aromatic heterocycles. The van der Waals surface area contributed by atoms with Crippen molar-refractivity contribution in [2.24, 2.45) is 0 Å². The molecule has 0 aromatic rings. The fourth-order valence-corrected chi connectivity index (χ4v) is 0.886. The third kappa shape index (κ3) is 1.39. The fraction of sp³-hybridized carbons (Fsp3) is 0.500. The summed E-state index contributed by atoms with van der Waals surface area (Å²) >= 11 is 0. The van der Waals surface area contributed by atoms with Crippen molar-refractivity contribution in [3.05, 3.63) is 24.0 Å². The summed E-state index contributed by atoms with van der Waals surface area (Å²) in [5.74, 6) is 0.916. The van der Waals surface area contributed by atoms with Gasteiger partial charge in [0.1, 0.15) is 0 Å². The van der Waals surface area contributed by atoms with Gasteiger partial charge in [-0.15, -0.1) is 0 Å². The maximum absolute atomic E-state index is 5.29. The summed E-state index contributed by atoms with van der Waals surface area (Å²) in [7, 11) is 1.62. The van der Waals surface area contributed by atoms with Crippen molar-refractivity contribution in [2.75, 3.05) is 7.11 Å². The van der Waals surface area contributed by atoms with Gasteiger partial charge in [0.05, 0.1) is 5.76 Å². The third-order valence-corrected chi connectivity index (χ3v) is 1.49. The first-order valence-electron chi connectivity index (χ1n) is 3.28. The zero-order valence-corrected chi connectivity index (χ0v) is 6.39. The lowest BCUT2D eigenvalue weighted by molar-refractivity contribution is -0.0722. The van der Waals surface area contributed by atoms with Crippen LogP contribution in [0.5, 0.6) is 0 Å². The molecule has 0 fully saturated rings. The van der Waals surface area contributed by atoms with E-state index in [1.807, 2.05) is 13.0 Å². The zero-order valence-electron chi connectivity index (χ0n) is 6.39. The topological polar surface area (TPSA) is 18.5 Å². The molecule has 0 N–H and O–H groups in total. The Bertz CT molecular complexity index is 170. The van der Waals surface area contributed by atoms with E-state index >= 15 is 0 Å². The van der Waals surface area contributed by atoms with Gasteiger partial charge in [0.2, 0.25) is 6.29 Å². The lowest BCUT2D eigenvalue weighted by atomic mass is 10.1. The number of allylic oxidation sites excluding steroid dienone is 2.